The maximum Gasteiger partial charge on any atom is 0.224 e. The van der Waals surface area contributed by atoms with Gasteiger partial charge in [-0.2, -0.15) is 5.26 Å². The number of nitrogens with zero attached hydrogens (tertiary/aromatic N) is 6. The van der Waals surface area contributed by atoms with Gasteiger partial charge in [-0.05, 0) is 24.9 Å². The van der Waals surface area contributed by atoms with Crippen LogP contribution in [0.4, 0.5) is 10.2 Å². The molecule has 3 fully saturated rings. The zero-order valence-electron chi connectivity index (χ0n) is 14.3. The van der Waals surface area contributed by atoms with Crippen LogP contribution in [0, 0.1) is 18.3 Å². The molecular formula is C17H22ClFN6. The van der Waals surface area contributed by atoms with E-state index in [4.69, 9.17) is 11.6 Å². The highest BCUT2D eigenvalue weighted by Gasteiger charge is 2.51. The van der Waals surface area contributed by atoms with Gasteiger partial charge in [0.2, 0.25) is 5.28 Å². The third kappa shape index (κ3) is 2.97. The summed E-state index contributed by atoms with van der Waals surface area (Å²) in [5.41, 5.74) is 0.815. The van der Waals surface area contributed by atoms with Gasteiger partial charge in [0.15, 0.2) is 0 Å². The maximum atomic E-state index is 13.7. The van der Waals surface area contributed by atoms with Gasteiger partial charge in [0.1, 0.15) is 12.0 Å². The Morgan fingerprint density at radius 1 is 1.40 bits per heavy atom. The molecule has 0 saturated carbocycles. The fraction of sp³-hybridized carbons (Fsp3) is 0.706. The van der Waals surface area contributed by atoms with E-state index in [1.165, 1.54) is 0 Å². The minimum absolute atomic E-state index is 0.168. The maximum absolute atomic E-state index is 13.7. The lowest BCUT2D eigenvalue weighted by molar-refractivity contribution is -0.000635. The summed E-state index contributed by atoms with van der Waals surface area (Å²) in [6.45, 7) is 6.66. The second kappa shape index (κ2) is 6.35. The van der Waals surface area contributed by atoms with Gasteiger partial charge in [-0.25, -0.2) is 14.4 Å². The number of halogens is 2. The number of piperazine rings is 1. The average molecular weight is 365 g/mol. The number of hydrogen-bond donors (Lipinski definition) is 0. The summed E-state index contributed by atoms with van der Waals surface area (Å²) < 4.78 is 13.7. The quantitative estimate of drug-likeness (QED) is 0.760. The molecule has 25 heavy (non-hydrogen) atoms. The molecule has 2 atom stereocenters. The van der Waals surface area contributed by atoms with Crippen LogP contribution in [0.15, 0.2) is 6.20 Å². The van der Waals surface area contributed by atoms with E-state index >= 15 is 0 Å². The topological polar surface area (TPSA) is 59.3 Å². The second-order valence-electron chi connectivity index (χ2n) is 7.49. The molecule has 8 heteroatoms. The van der Waals surface area contributed by atoms with Crippen molar-refractivity contribution in [3.63, 3.8) is 0 Å². The number of aryl methyl sites for hydroxylation is 1. The molecule has 3 aliphatic heterocycles. The van der Waals surface area contributed by atoms with Gasteiger partial charge in [-0.3, -0.25) is 9.80 Å². The van der Waals surface area contributed by atoms with Gasteiger partial charge in [-0.15, -0.1) is 0 Å². The van der Waals surface area contributed by atoms with Crippen LogP contribution >= 0.6 is 11.6 Å². The normalized spacial score (nSPS) is 29.1. The standard InChI is InChI=1S/C17H22ClFN6/c1-12-7-21-16(18)22-15(12)24-10-17(11-24,2-3-20)25-5-4-23-8-13(19)6-14(23)9-25/h7,13-14H,2,4-6,8-11H2,1H3/t13?,14-/m0/s1. The molecule has 0 aliphatic carbocycles. The summed E-state index contributed by atoms with van der Waals surface area (Å²) >= 11 is 5.94. The van der Waals surface area contributed by atoms with Gasteiger partial charge >= 0.3 is 0 Å². The summed E-state index contributed by atoms with van der Waals surface area (Å²) in [7, 11) is 0. The first-order chi connectivity index (χ1) is 12.0. The molecule has 3 aliphatic rings. The molecule has 0 N–H and O–H groups in total. The van der Waals surface area contributed by atoms with Gasteiger partial charge < -0.3 is 4.90 Å². The molecule has 3 saturated heterocycles. The van der Waals surface area contributed by atoms with Crippen LogP contribution in [0.3, 0.4) is 0 Å². The van der Waals surface area contributed by atoms with Crippen LogP contribution in [0.2, 0.25) is 5.28 Å². The first-order valence-electron chi connectivity index (χ1n) is 8.75. The molecule has 4 heterocycles. The highest BCUT2D eigenvalue weighted by atomic mass is 35.5. The summed E-state index contributed by atoms with van der Waals surface area (Å²) in [6, 6.07) is 2.64. The van der Waals surface area contributed by atoms with Crippen LogP contribution < -0.4 is 4.90 Å². The van der Waals surface area contributed by atoms with Crippen molar-refractivity contribution in [2.24, 2.45) is 0 Å². The third-order valence-corrected chi connectivity index (χ3v) is 6.01. The van der Waals surface area contributed by atoms with Crippen molar-refractivity contribution in [1.82, 2.24) is 19.8 Å². The third-order valence-electron chi connectivity index (χ3n) is 5.83. The van der Waals surface area contributed by atoms with Crippen molar-refractivity contribution < 1.29 is 4.39 Å². The zero-order valence-corrected chi connectivity index (χ0v) is 15.1. The molecule has 0 bridgehead atoms. The highest BCUT2D eigenvalue weighted by molar-refractivity contribution is 6.28. The lowest BCUT2D eigenvalue weighted by atomic mass is 9.83. The molecule has 4 rings (SSSR count). The molecule has 0 radical (unpaired) electrons. The number of fused-ring (bicyclic) bond motifs is 1. The molecule has 134 valence electrons. The predicted molar refractivity (Wildman–Crippen MR) is 93.4 cm³/mol. The smallest absolute Gasteiger partial charge is 0.224 e. The van der Waals surface area contributed by atoms with Crippen molar-refractivity contribution >= 4 is 17.4 Å². The zero-order chi connectivity index (χ0) is 17.6. The molecule has 6 nitrogen and oxygen atoms in total. The molecule has 0 spiro atoms. The predicted octanol–water partition coefficient (Wildman–Crippen LogP) is 1.64. The Labute approximate surface area is 152 Å². The first-order valence-corrected chi connectivity index (χ1v) is 9.13. The molecule has 0 aromatic carbocycles. The number of aromatic nitrogens is 2. The van der Waals surface area contributed by atoms with E-state index in [0.29, 0.717) is 19.4 Å². The molecule has 1 aromatic rings. The van der Waals surface area contributed by atoms with Crippen LogP contribution in [0.25, 0.3) is 0 Å². The Hall–Kier alpha value is -1.49. The minimum Gasteiger partial charge on any atom is -0.352 e. The number of alkyl halides is 1. The monoisotopic (exact) mass is 364 g/mol. The Morgan fingerprint density at radius 2 is 2.20 bits per heavy atom. The lowest BCUT2D eigenvalue weighted by Gasteiger charge is -2.58. The van der Waals surface area contributed by atoms with E-state index in [-0.39, 0.29) is 16.9 Å². The van der Waals surface area contributed by atoms with Crippen molar-refractivity contribution in [3.8, 4) is 6.07 Å². The summed E-state index contributed by atoms with van der Waals surface area (Å²) in [4.78, 5) is 15.2. The highest BCUT2D eigenvalue weighted by Crippen LogP contribution is 2.38. The summed E-state index contributed by atoms with van der Waals surface area (Å²) in [5, 5.41) is 9.61. The van der Waals surface area contributed by atoms with Gasteiger partial charge in [-0.1, -0.05) is 0 Å². The van der Waals surface area contributed by atoms with E-state index in [1.54, 1.807) is 6.20 Å². The van der Waals surface area contributed by atoms with Gasteiger partial charge in [0, 0.05) is 57.1 Å². The first kappa shape index (κ1) is 17.0. The van der Waals surface area contributed by atoms with E-state index in [9.17, 15) is 9.65 Å². The SMILES string of the molecule is Cc1cnc(Cl)nc1N1CC(CC#N)(N2CCN3CC(F)C[C@H]3C2)C1. The van der Waals surface area contributed by atoms with Crippen molar-refractivity contribution in [1.29, 1.82) is 5.26 Å². The van der Waals surface area contributed by atoms with E-state index in [1.807, 2.05) is 6.92 Å². The Morgan fingerprint density at radius 3 is 2.96 bits per heavy atom. The molecule has 1 unspecified atom stereocenters. The van der Waals surface area contributed by atoms with Crippen molar-refractivity contribution in [3.05, 3.63) is 17.0 Å². The van der Waals surface area contributed by atoms with Gasteiger partial charge in [0.05, 0.1) is 18.0 Å². The lowest BCUT2D eigenvalue weighted by Crippen LogP contribution is -2.73. The van der Waals surface area contributed by atoms with E-state index in [0.717, 1.165) is 44.1 Å². The van der Waals surface area contributed by atoms with Gasteiger partial charge in [0.25, 0.3) is 0 Å². The number of rotatable bonds is 3. The fourth-order valence-electron chi connectivity index (χ4n) is 4.53. The molecule has 1 aromatic heterocycles. The van der Waals surface area contributed by atoms with Crippen LogP contribution in [-0.4, -0.2) is 76.8 Å². The Balaban J connectivity index is 1.49. The summed E-state index contributed by atoms with van der Waals surface area (Å²) in [6.07, 6.45) is 2.12. The van der Waals surface area contributed by atoms with Crippen molar-refractivity contribution in [2.75, 3.05) is 44.2 Å². The van der Waals surface area contributed by atoms with E-state index in [2.05, 4.69) is 30.7 Å². The van der Waals surface area contributed by atoms with E-state index < -0.39 is 6.17 Å². The summed E-state index contributed by atoms with van der Waals surface area (Å²) in [5.74, 6) is 0.844. The van der Waals surface area contributed by atoms with Crippen LogP contribution in [-0.2, 0) is 0 Å². The van der Waals surface area contributed by atoms with Crippen LogP contribution in [0.5, 0.6) is 0 Å². The average Bonchev–Trinajstić information content (AvgIpc) is 2.92. The van der Waals surface area contributed by atoms with Crippen molar-refractivity contribution in [2.45, 2.75) is 37.5 Å². The Kier molecular flexibility index (Phi) is 4.30. The largest absolute Gasteiger partial charge is 0.352 e. The van der Waals surface area contributed by atoms with Crippen LogP contribution in [0.1, 0.15) is 18.4 Å². The Bertz CT molecular complexity index is 701. The number of hydrogen-bond acceptors (Lipinski definition) is 6. The molecular weight excluding hydrogens is 343 g/mol. The minimum atomic E-state index is -0.708. The number of anilines is 1. The number of nitriles is 1. The second-order valence-corrected chi connectivity index (χ2v) is 7.83. The molecule has 0 amide bonds. The fourth-order valence-corrected chi connectivity index (χ4v) is 4.66.